The van der Waals surface area contributed by atoms with Crippen LogP contribution in [0, 0.1) is 6.92 Å². The number of aryl methyl sites for hydroxylation is 1. The maximum absolute atomic E-state index is 12.8. The normalized spacial score (nSPS) is 16.2. The topological polar surface area (TPSA) is 75.7 Å². The van der Waals surface area contributed by atoms with E-state index in [1.54, 1.807) is 42.5 Å². The molecule has 0 atom stereocenters. The summed E-state index contributed by atoms with van der Waals surface area (Å²) in [6, 6.07) is 13.2. The highest BCUT2D eigenvalue weighted by atomic mass is 16.5. The van der Waals surface area contributed by atoms with Crippen molar-refractivity contribution in [3.05, 3.63) is 65.2 Å². The van der Waals surface area contributed by atoms with Gasteiger partial charge in [-0.15, -0.1) is 0 Å². The van der Waals surface area contributed by atoms with E-state index in [0.717, 1.165) is 10.5 Å². The number of hydrogen-bond donors (Lipinski definition) is 1. The van der Waals surface area contributed by atoms with Crippen LogP contribution in [0.2, 0.25) is 0 Å². The summed E-state index contributed by atoms with van der Waals surface area (Å²) in [4.78, 5) is 38.1. The molecule has 6 nitrogen and oxygen atoms in total. The summed E-state index contributed by atoms with van der Waals surface area (Å²) >= 11 is 0. The molecular formula is C19H16N2O4. The first-order valence-corrected chi connectivity index (χ1v) is 7.62. The zero-order chi connectivity index (χ0) is 18.0. The van der Waals surface area contributed by atoms with E-state index in [4.69, 9.17) is 4.74 Å². The molecule has 0 spiro atoms. The molecule has 0 aromatic heterocycles. The quantitative estimate of drug-likeness (QED) is 0.691. The summed E-state index contributed by atoms with van der Waals surface area (Å²) < 4.78 is 5.24. The van der Waals surface area contributed by atoms with Crippen LogP contribution in [0.1, 0.15) is 11.1 Å². The molecule has 4 amide bonds. The third-order valence-corrected chi connectivity index (χ3v) is 3.80. The lowest BCUT2D eigenvalue weighted by Crippen LogP contribution is -2.54. The van der Waals surface area contributed by atoms with E-state index in [0.29, 0.717) is 17.0 Å². The van der Waals surface area contributed by atoms with Gasteiger partial charge in [-0.3, -0.25) is 14.9 Å². The van der Waals surface area contributed by atoms with Gasteiger partial charge >= 0.3 is 6.03 Å². The molecule has 3 rings (SSSR count). The lowest BCUT2D eigenvalue weighted by molar-refractivity contribution is -0.122. The number of carbonyl (C=O) groups excluding carboxylic acids is 3. The number of rotatable bonds is 3. The van der Waals surface area contributed by atoms with Crippen LogP contribution in [0.3, 0.4) is 0 Å². The molecule has 1 fully saturated rings. The van der Waals surface area contributed by atoms with Gasteiger partial charge in [0.2, 0.25) is 0 Å². The van der Waals surface area contributed by atoms with Crippen molar-refractivity contribution in [2.45, 2.75) is 6.92 Å². The average molecular weight is 336 g/mol. The van der Waals surface area contributed by atoms with E-state index in [-0.39, 0.29) is 5.57 Å². The lowest BCUT2D eigenvalue weighted by atomic mass is 10.1. The number of para-hydroxylation sites is 1. The number of hydrogen-bond acceptors (Lipinski definition) is 4. The van der Waals surface area contributed by atoms with Gasteiger partial charge in [-0.25, -0.2) is 9.69 Å². The molecule has 0 saturated carbocycles. The first-order valence-electron chi connectivity index (χ1n) is 7.62. The lowest BCUT2D eigenvalue weighted by Gasteiger charge is -2.26. The Morgan fingerprint density at radius 2 is 1.80 bits per heavy atom. The predicted octanol–water partition coefficient (Wildman–Crippen LogP) is 2.67. The van der Waals surface area contributed by atoms with Gasteiger partial charge < -0.3 is 4.74 Å². The summed E-state index contributed by atoms with van der Waals surface area (Å²) in [5.41, 5.74) is 1.74. The van der Waals surface area contributed by atoms with E-state index >= 15 is 0 Å². The molecule has 25 heavy (non-hydrogen) atoms. The minimum atomic E-state index is -0.766. The fraction of sp³-hybridized carbons (Fsp3) is 0.105. The van der Waals surface area contributed by atoms with Crippen molar-refractivity contribution in [3.8, 4) is 5.75 Å². The molecule has 1 aliphatic rings. The van der Waals surface area contributed by atoms with Gasteiger partial charge in [0, 0.05) is 5.56 Å². The molecule has 1 N–H and O–H groups in total. The molecule has 0 aliphatic carbocycles. The monoisotopic (exact) mass is 336 g/mol. The number of nitrogens with one attached hydrogen (secondary N) is 1. The third kappa shape index (κ3) is 3.14. The van der Waals surface area contributed by atoms with Crippen LogP contribution in [0.25, 0.3) is 6.08 Å². The van der Waals surface area contributed by atoms with E-state index < -0.39 is 17.8 Å². The van der Waals surface area contributed by atoms with Crippen molar-refractivity contribution in [2.75, 3.05) is 12.0 Å². The minimum Gasteiger partial charge on any atom is -0.496 e. The Labute approximate surface area is 144 Å². The van der Waals surface area contributed by atoms with Crippen LogP contribution in [0.5, 0.6) is 5.75 Å². The minimum absolute atomic E-state index is 0.134. The molecule has 2 aromatic carbocycles. The molecule has 0 bridgehead atoms. The summed E-state index contributed by atoms with van der Waals surface area (Å²) in [5, 5.41) is 2.20. The average Bonchev–Trinajstić information content (AvgIpc) is 2.59. The highest BCUT2D eigenvalue weighted by Gasteiger charge is 2.36. The number of urea groups is 1. The predicted molar refractivity (Wildman–Crippen MR) is 93.2 cm³/mol. The van der Waals surface area contributed by atoms with Crippen LogP contribution in [-0.4, -0.2) is 25.0 Å². The number of imide groups is 2. The maximum atomic E-state index is 12.8. The summed E-state index contributed by atoms with van der Waals surface area (Å²) in [7, 11) is 1.50. The second-order valence-electron chi connectivity index (χ2n) is 5.54. The second kappa shape index (κ2) is 6.60. The summed E-state index contributed by atoms with van der Waals surface area (Å²) in [5.74, 6) is -0.885. The van der Waals surface area contributed by atoms with Crippen LogP contribution in [0.4, 0.5) is 10.5 Å². The van der Waals surface area contributed by atoms with E-state index in [9.17, 15) is 14.4 Å². The van der Waals surface area contributed by atoms with E-state index in [1.807, 2.05) is 13.0 Å². The number of benzene rings is 2. The Bertz CT molecular complexity index is 902. The molecule has 1 saturated heterocycles. The largest absolute Gasteiger partial charge is 0.496 e. The molecule has 126 valence electrons. The Kier molecular flexibility index (Phi) is 4.35. The van der Waals surface area contributed by atoms with Crippen molar-refractivity contribution in [1.82, 2.24) is 5.32 Å². The summed E-state index contributed by atoms with van der Waals surface area (Å²) in [6.07, 6.45) is 1.42. The molecule has 0 unspecified atom stereocenters. The molecule has 1 aliphatic heterocycles. The number of methoxy groups -OCH3 is 1. The Balaban J connectivity index is 2.05. The van der Waals surface area contributed by atoms with Crippen LogP contribution < -0.4 is 15.0 Å². The van der Waals surface area contributed by atoms with Gasteiger partial charge in [0.05, 0.1) is 12.8 Å². The SMILES string of the molecule is COc1ccccc1/C=C1\C(=O)NC(=O)N(c2cccc(C)c2)C1=O. The molecule has 6 heteroatoms. The number of barbiturate groups is 1. The Hall–Kier alpha value is -3.41. The molecule has 0 radical (unpaired) electrons. The number of carbonyl (C=O) groups is 3. The number of anilines is 1. The van der Waals surface area contributed by atoms with Crippen molar-refractivity contribution in [2.24, 2.45) is 0 Å². The smallest absolute Gasteiger partial charge is 0.335 e. The Morgan fingerprint density at radius 3 is 2.52 bits per heavy atom. The fourth-order valence-corrected chi connectivity index (χ4v) is 2.60. The Morgan fingerprint density at radius 1 is 1.04 bits per heavy atom. The zero-order valence-corrected chi connectivity index (χ0v) is 13.8. The third-order valence-electron chi connectivity index (χ3n) is 3.80. The number of nitrogens with zero attached hydrogens (tertiary/aromatic N) is 1. The van der Waals surface area contributed by atoms with Gasteiger partial charge in [0.1, 0.15) is 11.3 Å². The highest BCUT2D eigenvalue weighted by Crippen LogP contribution is 2.25. The second-order valence-corrected chi connectivity index (χ2v) is 5.54. The van der Waals surface area contributed by atoms with Gasteiger partial charge in [0.15, 0.2) is 0 Å². The van der Waals surface area contributed by atoms with Gasteiger partial charge in [-0.2, -0.15) is 0 Å². The number of ether oxygens (including phenoxy) is 1. The van der Waals surface area contributed by atoms with Crippen molar-refractivity contribution in [1.29, 1.82) is 0 Å². The van der Waals surface area contributed by atoms with Gasteiger partial charge in [0.25, 0.3) is 11.8 Å². The van der Waals surface area contributed by atoms with Gasteiger partial charge in [-0.05, 0) is 36.8 Å². The number of amides is 4. The van der Waals surface area contributed by atoms with Gasteiger partial charge in [-0.1, -0.05) is 30.3 Å². The highest BCUT2D eigenvalue weighted by molar-refractivity contribution is 6.39. The maximum Gasteiger partial charge on any atom is 0.335 e. The zero-order valence-electron chi connectivity index (χ0n) is 13.8. The molecule has 2 aromatic rings. The van der Waals surface area contributed by atoms with Crippen molar-refractivity contribution in [3.63, 3.8) is 0 Å². The fourth-order valence-electron chi connectivity index (χ4n) is 2.60. The molecular weight excluding hydrogens is 320 g/mol. The first-order chi connectivity index (χ1) is 12.0. The van der Waals surface area contributed by atoms with Crippen LogP contribution >= 0.6 is 0 Å². The van der Waals surface area contributed by atoms with E-state index in [1.165, 1.54) is 13.2 Å². The molecule has 1 heterocycles. The van der Waals surface area contributed by atoms with Crippen molar-refractivity contribution < 1.29 is 19.1 Å². The van der Waals surface area contributed by atoms with Crippen LogP contribution in [0.15, 0.2) is 54.1 Å². The van der Waals surface area contributed by atoms with E-state index in [2.05, 4.69) is 5.32 Å². The first kappa shape index (κ1) is 16.4. The van der Waals surface area contributed by atoms with Crippen LogP contribution in [-0.2, 0) is 9.59 Å². The summed E-state index contributed by atoms with van der Waals surface area (Å²) in [6.45, 7) is 1.85. The van der Waals surface area contributed by atoms with Crippen molar-refractivity contribution >= 4 is 29.6 Å². The standard InChI is InChI=1S/C19H16N2O4/c1-12-6-5-8-14(10-12)21-18(23)15(17(22)20-19(21)24)11-13-7-3-4-9-16(13)25-2/h3-11H,1-2H3,(H,20,22,24)/b15-11+.